The second-order valence-corrected chi connectivity index (χ2v) is 13.5. The predicted octanol–water partition coefficient (Wildman–Crippen LogP) is 3.30. The number of methoxy groups -OCH3 is 1. The molecule has 246 valence electrons. The molecule has 0 bridgehead atoms. The number of sulfone groups is 1. The van der Waals surface area contributed by atoms with E-state index in [2.05, 4.69) is 5.32 Å². The summed E-state index contributed by atoms with van der Waals surface area (Å²) >= 11 is 0. The maximum absolute atomic E-state index is 14.1. The Kier molecular flexibility index (Phi) is 15.4. The normalized spacial score (nSPS) is 13.8. The van der Waals surface area contributed by atoms with Crippen LogP contribution in [0.1, 0.15) is 63.1 Å². The van der Waals surface area contributed by atoms with Gasteiger partial charge in [-0.05, 0) is 54.5 Å². The van der Waals surface area contributed by atoms with Crippen LogP contribution in [0, 0.1) is 11.6 Å². The van der Waals surface area contributed by atoms with Gasteiger partial charge in [0.25, 0.3) is 0 Å². The molecule has 0 aliphatic rings. The lowest BCUT2D eigenvalue weighted by Gasteiger charge is -2.32. The fraction of sp³-hybridized carbons (Fsp3) is 0.562. The van der Waals surface area contributed by atoms with Crippen molar-refractivity contribution >= 4 is 21.7 Å². The molecule has 0 aliphatic heterocycles. The monoisotopic (exact) mass is 639 g/mol. The van der Waals surface area contributed by atoms with Gasteiger partial charge in [-0.1, -0.05) is 57.9 Å². The Hall–Kier alpha value is -2.93. The first-order valence-electron chi connectivity index (χ1n) is 15.1. The van der Waals surface area contributed by atoms with Gasteiger partial charge >= 0.3 is 0 Å². The Morgan fingerprint density at radius 1 is 1.00 bits per heavy atom. The van der Waals surface area contributed by atoms with Crippen LogP contribution in [0.25, 0.3) is 0 Å². The number of hydrogen-bond acceptors (Lipinski definition) is 7. The molecule has 44 heavy (non-hydrogen) atoms. The molecule has 0 fully saturated rings. The van der Waals surface area contributed by atoms with Crippen molar-refractivity contribution in [1.29, 1.82) is 0 Å². The molecule has 2 rings (SSSR count). The highest BCUT2D eigenvalue weighted by Gasteiger charge is 2.35. The van der Waals surface area contributed by atoms with Crippen molar-refractivity contribution in [1.82, 2.24) is 10.2 Å². The van der Waals surface area contributed by atoms with E-state index in [1.54, 1.807) is 6.07 Å². The van der Waals surface area contributed by atoms with Crippen LogP contribution in [0.4, 0.5) is 8.78 Å². The molecule has 9 nitrogen and oxygen atoms in total. The first-order chi connectivity index (χ1) is 20.8. The van der Waals surface area contributed by atoms with Gasteiger partial charge < -0.3 is 25.8 Å². The number of aryl methyl sites for hydroxylation is 1. The summed E-state index contributed by atoms with van der Waals surface area (Å²) in [6.07, 6.45) is 1.43. The summed E-state index contributed by atoms with van der Waals surface area (Å²) in [7, 11) is -2.52. The molecule has 0 saturated carbocycles. The summed E-state index contributed by atoms with van der Waals surface area (Å²) in [6, 6.07) is 7.96. The third-order valence-corrected chi connectivity index (χ3v) is 9.70. The number of nitrogens with zero attached hydrogens (tertiary/aromatic N) is 1. The van der Waals surface area contributed by atoms with Crippen LogP contribution in [-0.2, 0) is 43.5 Å². The lowest BCUT2D eigenvalue weighted by atomic mass is 10.0. The summed E-state index contributed by atoms with van der Waals surface area (Å²) in [6.45, 7) is 5.04. The standard InChI is InChI=1S/C32H47F2N3O6S/c1-5-9-27(10-6-2)44(41,42)21-29(36-31(39)20-43-4)32(40)37(18-23-12-8-11-22(7-3)13-23)19-30(38)28(35)16-24-14-25(33)17-26(34)15-24/h8,11-15,17,27-30,38H,5-7,9-10,16,18-21,35H2,1-4H3,(H,36,39)/t28-,29+,30+/m0/s1. The summed E-state index contributed by atoms with van der Waals surface area (Å²) in [5.74, 6) is -3.57. The van der Waals surface area contributed by atoms with Crippen LogP contribution in [-0.4, -0.2) is 79.7 Å². The van der Waals surface area contributed by atoms with Crippen molar-refractivity contribution < 1.29 is 36.6 Å². The summed E-state index contributed by atoms with van der Waals surface area (Å²) in [5, 5.41) is 12.9. The number of nitrogens with one attached hydrogen (secondary N) is 1. The number of ether oxygens (including phenoxy) is 1. The lowest BCUT2D eigenvalue weighted by molar-refractivity contribution is -0.138. The van der Waals surface area contributed by atoms with Gasteiger partial charge in [-0.25, -0.2) is 17.2 Å². The second kappa shape index (κ2) is 18.1. The smallest absolute Gasteiger partial charge is 0.246 e. The molecule has 3 atom stereocenters. The molecule has 0 aromatic heterocycles. The number of carbonyl (C=O) groups is 2. The molecule has 4 N–H and O–H groups in total. The highest BCUT2D eigenvalue weighted by molar-refractivity contribution is 7.92. The van der Waals surface area contributed by atoms with Crippen LogP contribution in [0.5, 0.6) is 0 Å². The molecule has 2 aromatic rings. The van der Waals surface area contributed by atoms with E-state index in [1.165, 1.54) is 12.0 Å². The van der Waals surface area contributed by atoms with E-state index in [0.717, 1.165) is 35.7 Å². The zero-order chi connectivity index (χ0) is 32.9. The Balaban J connectivity index is 2.44. The van der Waals surface area contributed by atoms with Crippen molar-refractivity contribution in [2.75, 3.05) is 26.0 Å². The highest BCUT2D eigenvalue weighted by atomic mass is 32.2. The number of rotatable bonds is 19. The lowest BCUT2D eigenvalue weighted by Crippen LogP contribution is -2.55. The first kappa shape index (κ1) is 37.3. The summed E-state index contributed by atoms with van der Waals surface area (Å²) in [4.78, 5) is 28.0. The molecule has 0 heterocycles. The molecule has 0 unspecified atom stereocenters. The third-order valence-electron chi connectivity index (χ3n) is 7.42. The van der Waals surface area contributed by atoms with Crippen LogP contribution in [0.3, 0.4) is 0 Å². The molecule has 2 amide bonds. The minimum absolute atomic E-state index is 0.00487. The number of halogens is 2. The van der Waals surface area contributed by atoms with Gasteiger partial charge in [0.1, 0.15) is 24.3 Å². The van der Waals surface area contributed by atoms with Crippen LogP contribution < -0.4 is 11.1 Å². The summed E-state index contributed by atoms with van der Waals surface area (Å²) in [5.41, 5.74) is 8.20. The minimum Gasteiger partial charge on any atom is -0.390 e. The van der Waals surface area contributed by atoms with E-state index in [-0.39, 0.29) is 31.7 Å². The van der Waals surface area contributed by atoms with E-state index in [1.807, 2.05) is 39.0 Å². The van der Waals surface area contributed by atoms with Crippen molar-refractivity contribution in [3.05, 3.63) is 70.8 Å². The van der Waals surface area contributed by atoms with Gasteiger partial charge in [0.05, 0.1) is 17.1 Å². The third kappa shape index (κ3) is 11.9. The number of aliphatic hydroxyl groups is 1. The summed E-state index contributed by atoms with van der Waals surface area (Å²) < 4.78 is 59.5. The Morgan fingerprint density at radius 2 is 1.61 bits per heavy atom. The topological polar surface area (TPSA) is 139 Å². The minimum atomic E-state index is -3.82. The largest absolute Gasteiger partial charge is 0.390 e. The average molecular weight is 640 g/mol. The number of carbonyl (C=O) groups excluding carboxylic acids is 2. The molecule has 0 spiro atoms. The molecule has 12 heteroatoms. The zero-order valence-electron chi connectivity index (χ0n) is 26.1. The van der Waals surface area contributed by atoms with Crippen LogP contribution in [0.15, 0.2) is 42.5 Å². The Bertz CT molecular complexity index is 1300. The SMILES string of the molecule is CCCC(CCC)S(=O)(=O)C[C@@H](NC(=O)COC)C(=O)N(Cc1cccc(CC)c1)C[C@@H](O)[C@@H](N)Cc1cc(F)cc(F)c1. The maximum atomic E-state index is 14.1. The van der Waals surface area contributed by atoms with E-state index in [9.17, 15) is 31.9 Å². The van der Waals surface area contributed by atoms with Crippen molar-refractivity contribution in [2.45, 2.75) is 89.3 Å². The van der Waals surface area contributed by atoms with E-state index in [4.69, 9.17) is 10.5 Å². The fourth-order valence-electron chi connectivity index (χ4n) is 5.18. The van der Waals surface area contributed by atoms with Gasteiger partial charge in [-0.2, -0.15) is 0 Å². The molecule has 0 radical (unpaired) electrons. The van der Waals surface area contributed by atoms with Gasteiger partial charge in [0.2, 0.25) is 11.8 Å². The number of aliphatic hydroxyl groups excluding tert-OH is 1. The number of hydrogen-bond donors (Lipinski definition) is 3. The van der Waals surface area contributed by atoms with Crippen molar-refractivity contribution in [2.24, 2.45) is 5.73 Å². The maximum Gasteiger partial charge on any atom is 0.246 e. The van der Waals surface area contributed by atoms with Gasteiger partial charge in [-0.15, -0.1) is 0 Å². The average Bonchev–Trinajstić information content (AvgIpc) is 2.95. The van der Waals surface area contributed by atoms with Crippen LogP contribution >= 0.6 is 0 Å². The van der Waals surface area contributed by atoms with Crippen molar-refractivity contribution in [3.63, 3.8) is 0 Å². The number of nitrogens with two attached hydrogens (primary N) is 1. The number of benzene rings is 2. The number of amides is 2. The first-order valence-corrected chi connectivity index (χ1v) is 16.8. The van der Waals surface area contributed by atoms with E-state index < -0.39 is 62.5 Å². The van der Waals surface area contributed by atoms with E-state index >= 15 is 0 Å². The van der Waals surface area contributed by atoms with Gasteiger partial charge in [0, 0.05) is 32.3 Å². The molecule has 0 aliphatic carbocycles. The quantitative estimate of drug-likeness (QED) is 0.214. The van der Waals surface area contributed by atoms with Crippen LogP contribution in [0.2, 0.25) is 0 Å². The predicted molar refractivity (Wildman–Crippen MR) is 166 cm³/mol. The fourth-order valence-corrected chi connectivity index (χ4v) is 7.33. The molecular weight excluding hydrogens is 592 g/mol. The van der Waals surface area contributed by atoms with Gasteiger partial charge in [-0.3, -0.25) is 9.59 Å². The molecular formula is C32H47F2N3O6S. The zero-order valence-corrected chi connectivity index (χ0v) is 26.9. The highest BCUT2D eigenvalue weighted by Crippen LogP contribution is 2.19. The Morgan fingerprint density at radius 3 is 2.18 bits per heavy atom. The Labute approximate surface area is 260 Å². The van der Waals surface area contributed by atoms with Gasteiger partial charge in [0.15, 0.2) is 9.84 Å². The second-order valence-electron chi connectivity index (χ2n) is 11.2. The van der Waals surface area contributed by atoms with E-state index in [0.29, 0.717) is 25.7 Å². The van der Waals surface area contributed by atoms with Crippen molar-refractivity contribution in [3.8, 4) is 0 Å². The molecule has 0 saturated heterocycles. The molecule has 2 aromatic carbocycles.